The van der Waals surface area contributed by atoms with Gasteiger partial charge in [0.2, 0.25) is 0 Å². The highest BCUT2D eigenvalue weighted by Crippen LogP contribution is 2.32. The molecular formula is C17H29NO2Si2. The van der Waals surface area contributed by atoms with Crippen molar-refractivity contribution in [2.24, 2.45) is 0 Å². The Bertz CT molecular complexity index is 504. The van der Waals surface area contributed by atoms with E-state index in [-0.39, 0.29) is 6.04 Å². The molecule has 0 aliphatic carbocycles. The van der Waals surface area contributed by atoms with E-state index in [1.165, 1.54) is 0 Å². The molecule has 0 saturated carbocycles. The zero-order valence-corrected chi connectivity index (χ0v) is 16.6. The van der Waals surface area contributed by atoms with Gasteiger partial charge in [-0.05, 0) is 5.56 Å². The Morgan fingerprint density at radius 3 is 1.86 bits per heavy atom. The lowest BCUT2D eigenvalue weighted by atomic mass is 9.92. The second kappa shape index (κ2) is 6.94. The van der Waals surface area contributed by atoms with Crippen LogP contribution in [0.15, 0.2) is 43.0 Å². The van der Waals surface area contributed by atoms with Crippen LogP contribution in [0.1, 0.15) is 11.5 Å². The zero-order valence-electron chi connectivity index (χ0n) is 14.6. The SMILES string of the molecule is C=CC(C(C(=O)O)c1ccccc1)N([Si](C)(C)C)[Si](C)(C)C. The van der Waals surface area contributed by atoms with Crippen LogP contribution in [-0.4, -0.2) is 37.8 Å². The number of hydrogen-bond acceptors (Lipinski definition) is 2. The lowest BCUT2D eigenvalue weighted by Gasteiger charge is -2.49. The van der Waals surface area contributed by atoms with Crippen LogP contribution in [0.25, 0.3) is 0 Å². The highest BCUT2D eigenvalue weighted by atomic mass is 28.4. The maximum absolute atomic E-state index is 12.0. The summed E-state index contributed by atoms with van der Waals surface area (Å²) in [4.78, 5) is 12.0. The van der Waals surface area contributed by atoms with Gasteiger partial charge in [0, 0.05) is 6.04 Å². The minimum atomic E-state index is -1.69. The van der Waals surface area contributed by atoms with Crippen molar-refractivity contribution in [2.45, 2.75) is 51.2 Å². The number of benzene rings is 1. The summed E-state index contributed by atoms with van der Waals surface area (Å²) in [6, 6.07) is 9.36. The summed E-state index contributed by atoms with van der Waals surface area (Å²) in [6.07, 6.45) is 1.84. The lowest BCUT2D eigenvalue weighted by Crippen LogP contribution is -2.64. The molecule has 2 atom stereocenters. The van der Waals surface area contributed by atoms with Crippen molar-refractivity contribution in [3.05, 3.63) is 48.6 Å². The van der Waals surface area contributed by atoms with Crippen molar-refractivity contribution in [1.29, 1.82) is 0 Å². The molecule has 2 unspecified atom stereocenters. The number of rotatable bonds is 7. The van der Waals surface area contributed by atoms with Crippen LogP contribution in [0.3, 0.4) is 0 Å². The summed E-state index contributed by atoms with van der Waals surface area (Å²) in [6.45, 7) is 17.7. The Hall–Kier alpha value is -1.18. The van der Waals surface area contributed by atoms with Crippen LogP contribution >= 0.6 is 0 Å². The number of carboxylic acids is 1. The lowest BCUT2D eigenvalue weighted by molar-refractivity contribution is -0.139. The van der Waals surface area contributed by atoms with Gasteiger partial charge in [0.05, 0.1) is 5.92 Å². The summed E-state index contributed by atoms with van der Waals surface area (Å²) < 4.78 is 2.51. The minimum absolute atomic E-state index is 0.168. The van der Waals surface area contributed by atoms with E-state index in [4.69, 9.17) is 0 Å². The molecule has 0 aliphatic heterocycles. The first-order valence-electron chi connectivity index (χ1n) is 7.70. The van der Waals surface area contributed by atoms with Crippen LogP contribution < -0.4 is 0 Å². The number of carbonyl (C=O) groups is 1. The fraction of sp³-hybridized carbons (Fsp3) is 0.471. The molecule has 5 heteroatoms. The summed E-state index contributed by atoms with van der Waals surface area (Å²) in [5, 5.41) is 9.86. The highest BCUT2D eigenvalue weighted by Gasteiger charge is 2.43. The molecule has 0 fully saturated rings. The minimum Gasteiger partial charge on any atom is -0.481 e. The maximum Gasteiger partial charge on any atom is 0.312 e. The number of nitrogens with zero attached hydrogens (tertiary/aromatic N) is 1. The number of aliphatic carboxylic acids is 1. The normalized spacial score (nSPS) is 15.4. The Balaban J connectivity index is 3.41. The maximum atomic E-state index is 12.0. The van der Waals surface area contributed by atoms with Gasteiger partial charge in [0.1, 0.15) is 16.5 Å². The molecule has 0 saturated heterocycles. The molecule has 1 rings (SSSR count). The third kappa shape index (κ3) is 4.41. The predicted molar refractivity (Wildman–Crippen MR) is 99.3 cm³/mol. The van der Waals surface area contributed by atoms with Gasteiger partial charge in [0.15, 0.2) is 0 Å². The third-order valence-electron chi connectivity index (χ3n) is 3.75. The van der Waals surface area contributed by atoms with E-state index in [0.717, 1.165) is 5.56 Å². The molecule has 1 aromatic rings. The Morgan fingerprint density at radius 1 is 1.09 bits per heavy atom. The standard InChI is InChI=1S/C17H29NO2Si2/c1-8-15(18(21(2,3)4)22(5,6)7)16(17(19)20)14-12-10-9-11-13-14/h8-13,15-16H,1H2,2-7H3,(H,19,20). The van der Waals surface area contributed by atoms with Crippen LogP contribution in [0, 0.1) is 0 Å². The molecule has 0 spiro atoms. The van der Waals surface area contributed by atoms with Gasteiger partial charge in [0.25, 0.3) is 0 Å². The average molecular weight is 336 g/mol. The van der Waals surface area contributed by atoms with Gasteiger partial charge >= 0.3 is 5.97 Å². The molecule has 0 bridgehead atoms. The van der Waals surface area contributed by atoms with E-state index < -0.39 is 28.4 Å². The van der Waals surface area contributed by atoms with Crippen molar-refractivity contribution >= 4 is 22.4 Å². The largest absolute Gasteiger partial charge is 0.481 e. The van der Waals surface area contributed by atoms with Crippen LogP contribution in [0.5, 0.6) is 0 Å². The molecule has 0 aromatic heterocycles. The van der Waals surface area contributed by atoms with E-state index in [0.29, 0.717) is 0 Å². The molecule has 3 nitrogen and oxygen atoms in total. The Kier molecular flexibility index (Phi) is 5.95. The first-order valence-corrected chi connectivity index (χ1v) is 14.6. The van der Waals surface area contributed by atoms with Gasteiger partial charge in [-0.3, -0.25) is 4.79 Å². The van der Waals surface area contributed by atoms with Crippen molar-refractivity contribution in [3.63, 3.8) is 0 Å². The second-order valence-electron chi connectivity index (χ2n) is 7.66. The number of hydrogen-bond donors (Lipinski definition) is 1. The molecule has 0 heterocycles. The quantitative estimate of drug-likeness (QED) is 0.594. The second-order valence-corrected chi connectivity index (χ2v) is 17.8. The van der Waals surface area contributed by atoms with Gasteiger partial charge in [-0.15, -0.1) is 6.58 Å². The van der Waals surface area contributed by atoms with Crippen LogP contribution in [0.2, 0.25) is 39.3 Å². The summed E-state index contributed by atoms with van der Waals surface area (Å²) in [5.41, 5.74) is 0.849. The van der Waals surface area contributed by atoms with Crippen molar-refractivity contribution in [1.82, 2.24) is 4.23 Å². The predicted octanol–water partition coefficient (Wildman–Crippen LogP) is 4.38. The molecule has 0 amide bonds. The summed E-state index contributed by atoms with van der Waals surface area (Å²) in [7, 11) is -3.37. The Labute approximate surface area is 136 Å². The molecule has 0 aliphatic rings. The van der Waals surface area contributed by atoms with E-state index in [1.807, 2.05) is 36.4 Å². The van der Waals surface area contributed by atoms with Crippen LogP contribution in [0.4, 0.5) is 0 Å². The van der Waals surface area contributed by atoms with Gasteiger partial charge in [-0.1, -0.05) is 75.7 Å². The monoisotopic (exact) mass is 335 g/mol. The topological polar surface area (TPSA) is 40.5 Å². The highest BCUT2D eigenvalue weighted by molar-refractivity contribution is 6.89. The first kappa shape index (κ1) is 18.9. The van der Waals surface area contributed by atoms with E-state index in [1.54, 1.807) is 0 Å². The summed E-state index contributed by atoms with van der Waals surface area (Å²) >= 11 is 0. The first-order chi connectivity index (χ1) is 10.00. The fourth-order valence-electron chi connectivity index (χ4n) is 3.44. The Morgan fingerprint density at radius 2 is 1.55 bits per heavy atom. The third-order valence-corrected chi connectivity index (χ3v) is 11.3. The van der Waals surface area contributed by atoms with Crippen molar-refractivity contribution in [2.75, 3.05) is 0 Å². The van der Waals surface area contributed by atoms with Gasteiger partial charge in [-0.25, -0.2) is 0 Å². The van der Waals surface area contributed by atoms with Crippen LogP contribution in [-0.2, 0) is 4.79 Å². The molecule has 0 radical (unpaired) electrons. The zero-order chi connectivity index (χ0) is 17.1. The molecule has 122 valence electrons. The van der Waals surface area contributed by atoms with Gasteiger partial charge in [-0.2, -0.15) is 0 Å². The fourth-order valence-corrected chi connectivity index (χ4v) is 13.8. The smallest absolute Gasteiger partial charge is 0.312 e. The molecule has 22 heavy (non-hydrogen) atoms. The average Bonchev–Trinajstić information content (AvgIpc) is 2.35. The van der Waals surface area contributed by atoms with E-state index in [9.17, 15) is 9.90 Å². The van der Waals surface area contributed by atoms with E-state index >= 15 is 0 Å². The summed E-state index contributed by atoms with van der Waals surface area (Å²) in [5.74, 6) is -1.35. The molecular weight excluding hydrogens is 306 g/mol. The van der Waals surface area contributed by atoms with Crippen molar-refractivity contribution < 1.29 is 9.90 Å². The van der Waals surface area contributed by atoms with Gasteiger partial charge < -0.3 is 9.34 Å². The van der Waals surface area contributed by atoms with Crippen molar-refractivity contribution in [3.8, 4) is 0 Å². The number of carboxylic acid groups (broad SMARTS) is 1. The molecule has 1 N–H and O–H groups in total. The van der Waals surface area contributed by atoms with E-state index in [2.05, 4.69) is 50.1 Å². The molecule has 1 aromatic carbocycles.